The average molecular weight is 412 g/mol. The van der Waals surface area contributed by atoms with Crippen molar-refractivity contribution in [2.75, 3.05) is 11.6 Å². The highest BCUT2D eigenvalue weighted by Gasteiger charge is 2.40. The number of anilines is 1. The molecule has 1 aliphatic rings. The summed E-state index contributed by atoms with van der Waals surface area (Å²) in [4.78, 5) is 12.5. The molecule has 0 saturated heterocycles. The van der Waals surface area contributed by atoms with Crippen molar-refractivity contribution in [2.24, 2.45) is 5.10 Å². The summed E-state index contributed by atoms with van der Waals surface area (Å²) in [6.07, 6.45) is 0. The minimum absolute atomic E-state index is 0.144. The van der Waals surface area contributed by atoms with Gasteiger partial charge in [-0.2, -0.15) is 5.10 Å². The van der Waals surface area contributed by atoms with E-state index in [1.54, 1.807) is 42.3 Å². The predicted molar refractivity (Wildman–Crippen MR) is 107 cm³/mol. The third-order valence-corrected chi connectivity index (χ3v) is 5.04. The molecule has 3 rings (SSSR count). The zero-order chi connectivity index (χ0) is 18.8. The van der Waals surface area contributed by atoms with E-state index < -0.39 is 5.97 Å². The monoisotopic (exact) mass is 410 g/mol. The number of hydrogen-bond acceptors (Lipinski definition) is 4. The maximum atomic E-state index is 12.5. The average Bonchev–Trinajstić information content (AvgIpc) is 2.93. The van der Waals surface area contributed by atoms with E-state index in [9.17, 15) is 4.79 Å². The Morgan fingerprint density at radius 1 is 1.12 bits per heavy atom. The summed E-state index contributed by atoms with van der Waals surface area (Å²) in [5, 5.41) is 7.92. The Hall–Kier alpha value is -1.75. The third-order valence-electron chi connectivity index (χ3n) is 4.25. The van der Waals surface area contributed by atoms with Crippen LogP contribution < -0.4 is 5.01 Å². The van der Waals surface area contributed by atoms with Gasteiger partial charge in [0.15, 0.2) is 5.71 Å². The number of hydrazone groups is 1. The number of benzene rings is 2. The minimum atomic E-state index is -0.438. The van der Waals surface area contributed by atoms with Gasteiger partial charge in [0.2, 0.25) is 0 Å². The molecule has 4 nitrogen and oxygen atoms in total. The van der Waals surface area contributed by atoms with Crippen LogP contribution in [-0.4, -0.2) is 24.3 Å². The first-order chi connectivity index (χ1) is 12.4. The van der Waals surface area contributed by atoms with Gasteiger partial charge in [-0.1, -0.05) is 46.9 Å². The van der Waals surface area contributed by atoms with Crippen LogP contribution in [0.25, 0.3) is 0 Å². The van der Waals surface area contributed by atoms with Crippen LogP contribution in [0.15, 0.2) is 47.6 Å². The third kappa shape index (κ3) is 3.68. The molecule has 0 radical (unpaired) electrons. The van der Waals surface area contributed by atoms with E-state index in [2.05, 4.69) is 5.10 Å². The molecule has 1 aliphatic heterocycles. The minimum Gasteiger partial charge on any atom is -0.461 e. The van der Waals surface area contributed by atoms with Crippen LogP contribution in [0.2, 0.25) is 15.1 Å². The molecular weight excluding hydrogens is 395 g/mol. The van der Waals surface area contributed by atoms with Crippen molar-refractivity contribution < 1.29 is 9.53 Å². The van der Waals surface area contributed by atoms with Gasteiger partial charge in [0.05, 0.1) is 29.3 Å². The Morgan fingerprint density at radius 3 is 2.38 bits per heavy atom. The molecule has 0 aromatic heterocycles. The van der Waals surface area contributed by atoms with E-state index in [-0.39, 0.29) is 18.6 Å². The Morgan fingerprint density at radius 2 is 1.77 bits per heavy atom. The van der Waals surface area contributed by atoms with Crippen molar-refractivity contribution in [1.29, 1.82) is 0 Å². The molecule has 2 aromatic carbocycles. The maximum Gasteiger partial charge on any atom is 0.355 e. The summed E-state index contributed by atoms with van der Waals surface area (Å²) in [5.74, 6) is -0.704. The number of hydrogen-bond donors (Lipinski definition) is 0. The Balaban J connectivity index is 2.05. The summed E-state index contributed by atoms with van der Waals surface area (Å²) < 4.78 is 5.21. The molecule has 7 heteroatoms. The quantitative estimate of drug-likeness (QED) is 0.619. The fourth-order valence-electron chi connectivity index (χ4n) is 3.06. The zero-order valence-electron chi connectivity index (χ0n) is 14.2. The standard InChI is InChI=1S/C19H17Cl3N2O2/c1-3-26-19(25)18-17(12-4-6-13(20)7-5-12)11(2)24(23-18)16-9-8-14(21)10-15(16)22/h4-11,17H,3H2,1-2H3/t11-,17+/m1/s1. The highest BCUT2D eigenvalue weighted by atomic mass is 35.5. The molecule has 0 fully saturated rings. The molecular formula is C19H17Cl3N2O2. The smallest absolute Gasteiger partial charge is 0.355 e. The van der Waals surface area contributed by atoms with E-state index in [1.807, 2.05) is 19.1 Å². The van der Waals surface area contributed by atoms with Gasteiger partial charge in [-0.3, -0.25) is 5.01 Å². The van der Waals surface area contributed by atoms with Crippen molar-refractivity contribution >= 4 is 52.2 Å². The van der Waals surface area contributed by atoms with Gasteiger partial charge < -0.3 is 4.74 Å². The first-order valence-corrected chi connectivity index (χ1v) is 9.31. The fraction of sp³-hybridized carbons (Fsp3) is 0.263. The summed E-state index contributed by atoms with van der Waals surface area (Å²) in [5.41, 5.74) is 1.95. The van der Waals surface area contributed by atoms with Gasteiger partial charge in [0, 0.05) is 10.0 Å². The lowest BCUT2D eigenvalue weighted by molar-refractivity contribution is -0.135. The van der Waals surface area contributed by atoms with Gasteiger partial charge in [-0.15, -0.1) is 0 Å². The lowest BCUT2D eigenvalue weighted by Gasteiger charge is -2.25. The van der Waals surface area contributed by atoms with Crippen LogP contribution in [0.5, 0.6) is 0 Å². The van der Waals surface area contributed by atoms with Crippen molar-refractivity contribution in [3.05, 3.63) is 63.1 Å². The van der Waals surface area contributed by atoms with Gasteiger partial charge >= 0.3 is 5.97 Å². The van der Waals surface area contributed by atoms with Crippen LogP contribution in [-0.2, 0) is 9.53 Å². The van der Waals surface area contributed by atoms with Crippen LogP contribution in [0.3, 0.4) is 0 Å². The predicted octanol–water partition coefficient (Wildman–Crippen LogP) is 5.56. The Labute approximate surface area is 167 Å². The molecule has 0 saturated carbocycles. The summed E-state index contributed by atoms with van der Waals surface area (Å²) in [6, 6.07) is 12.4. The van der Waals surface area contributed by atoms with E-state index in [0.717, 1.165) is 5.56 Å². The number of rotatable bonds is 4. The number of carbonyl (C=O) groups excluding carboxylic acids is 1. The second-order valence-corrected chi connectivity index (χ2v) is 7.20. The van der Waals surface area contributed by atoms with Gasteiger partial charge in [-0.05, 0) is 49.7 Å². The van der Waals surface area contributed by atoms with Crippen molar-refractivity contribution in [3.8, 4) is 0 Å². The van der Waals surface area contributed by atoms with Gasteiger partial charge in [0.25, 0.3) is 0 Å². The summed E-state index contributed by atoms with van der Waals surface area (Å²) in [6.45, 7) is 4.03. The second-order valence-electron chi connectivity index (χ2n) is 5.92. The molecule has 2 atom stereocenters. The SMILES string of the molecule is CCOC(=O)C1=NN(c2ccc(Cl)cc2Cl)[C@H](C)[C@H]1c1ccc(Cl)cc1. The Kier molecular flexibility index (Phi) is 5.76. The molecule has 0 unspecified atom stereocenters. The maximum absolute atomic E-state index is 12.5. The molecule has 0 bridgehead atoms. The molecule has 0 spiro atoms. The Bertz CT molecular complexity index is 852. The summed E-state index contributed by atoms with van der Waals surface area (Å²) >= 11 is 18.3. The highest BCUT2D eigenvalue weighted by molar-refractivity contribution is 6.40. The first kappa shape index (κ1) is 19.0. The number of halogens is 3. The summed E-state index contributed by atoms with van der Waals surface area (Å²) in [7, 11) is 0. The van der Waals surface area contributed by atoms with Crippen molar-refractivity contribution in [3.63, 3.8) is 0 Å². The van der Waals surface area contributed by atoms with Crippen LogP contribution >= 0.6 is 34.8 Å². The molecule has 0 N–H and O–H groups in total. The molecule has 0 amide bonds. The lowest BCUT2D eigenvalue weighted by atomic mass is 9.88. The number of nitrogens with zero attached hydrogens (tertiary/aromatic N) is 2. The van der Waals surface area contributed by atoms with Crippen LogP contribution in [0.1, 0.15) is 25.3 Å². The van der Waals surface area contributed by atoms with Crippen molar-refractivity contribution in [1.82, 2.24) is 0 Å². The van der Waals surface area contributed by atoms with E-state index >= 15 is 0 Å². The van der Waals surface area contributed by atoms with Gasteiger partial charge in [-0.25, -0.2) is 4.79 Å². The second kappa shape index (κ2) is 7.87. The van der Waals surface area contributed by atoms with E-state index in [0.29, 0.717) is 26.5 Å². The van der Waals surface area contributed by atoms with Crippen LogP contribution in [0.4, 0.5) is 5.69 Å². The molecule has 1 heterocycles. The van der Waals surface area contributed by atoms with Crippen LogP contribution in [0, 0.1) is 0 Å². The van der Waals surface area contributed by atoms with Gasteiger partial charge in [0.1, 0.15) is 0 Å². The normalized spacial score (nSPS) is 19.4. The lowest BCUT2D eigenvalue weighted by Crippen LogP contribution is -2.31. The molecule has 2 aromatic rings. The molecule has 0 aliphatic carbocycles. The number of esters is 1. The number of ether oxygens (including phenoxy) is 1. The molecule has 26 heavy (non-hydrogen) atoms. The fourth-order valence-corrected chi connectivity index (χ4v) is 3.68. The van der Waals surface area contributed by atoms with E-state index in [4.69, 9.17) is 39.5 Å². The molecule has 136 valence electrons. The zero-order valence-corrected chi connectivity index (χ0v) is 16.5. The topological polar surface area (TPSA) is 41.9 Å². The van der Waals surface area contributed by atoms with E-state index in [1.165, 1.54) is 0 Å². The largest absolute Gasteiger partial charge is 0.461 e. The van der Waals surface area contributed by atoms with Crippen molar-refractivity contribution in [2.45, 2.75) is 25.8 Å². The number of carbonyl (C=O) groups is 1. The highest BCUT2D eigenvalue weighted by Crippen LogP contribution is 2.39. The first-order valence-electron chi connectivity index (χ1n) is 8.17.